The molecule has 0 aliphatic carbocycles. The normalized spacial score (nSPS) is 11.5. The van der Waals surface area contributed by atoms with E-state index in [1.54, 1.807) is 0 Å². The minimum Gasteiger partial charge on any atom is -0.294 e. The summed E-state index contributed by atoms with van der Waals surface area (Å²) in [5.41, 5.74) is 1.49. The number of halogens is 3. The Morgan fingerprint density at radius 2 is 1.71 bits per heavy atom. The van der Waals surface area contributed by atoms with Crippen LogP contribution in [0.3, 0.4) is 0 Å². The van der Waals surface area contributed by atoms with Crippen molar-refractivity contribution in [2.45, 2.75) is 26.4 Å². The summed E-state index contributed by atoms with van der Waals surface area (Å²) in [5, 5.41) is 0. The molecule has 0 atom stereocenters. The molecule has 0 fully saturated rings. The summed E-state index contributed by atoms with van der Waals surface area (Å²) in [6.45, 7) is 3.73. The largest absolute Gasteiger partial charge is 0.417 e. The number of ketones is 1. The maximum atomic E-state index is 12.9. The number of rotatable bonds is 3. The fraction of sp³-hybridized carbons (Fsp3) is 0.235. The van der Waals surface area contributed by atoms with Crippen molar-refractivity contribution in [3.05, 3.63) is 70.3 Å². The predicted molar refractivity (Wildman–Crippen MR) is 75.4 cm³/mol. The Balaban J connectivity index is 2.36. The zero-order chi connectivity index (χ0) is 15.6. The van der Waals surface area contributed by atoms with Gasteiger partial charge < -0.3 is 0 Å². The van der Waals surface area contributed by atoms with Crippen LogP contribution in [0.4, 0.5) is 13.2 Å². The molecule has 4 heteroatoms. The Morgan fingerprint density at radius 1 is 1.05 bits per heavy atom. The van der Waals surface area contributed by atoms with E-state index in [1.807, 2.05) is 32.0 Å². The minimum absolute atomic E-state index is 0.0272. The summed E-state index contributed by atoms with van der Waals surface area (Å²) in [7, 11) is 0. The van der Waals surface area contributed by atoms with E-state index in [1.165, 1.54) is 18.2 Å². The van der Waals surface area contributed by atoms with Crippen molar-refractivity contribution in [2.75, 3.05) is 0 Å². The van der Waals surface area contributed by atoms with Crippen LogP contribution in [0.15, 0.2) is 42.5 Å². The Bertz CT molecular complexity index is 672. The van der Waals surface area contributed by atoms with Crippen molar-refractivity contribution in [3.63, 3.8) is 0 Å². The van der Waals surface area contributed by atoms with E-state index in [4.69, 9.17) is 0 Å². The maximum absolute atomic E-state index is 12.9. The van der Waals surface area contributed by atoms with Crippen LogP contribution >= 0.6 is 0 Å². The second-order valence-electron chi connectivity index (χ2n) is 5.07. The molecule has 0 heterocycles. The molecule has 0 radical (unpaired) electrons. The maximum Gasteiger partial charge on any atom is 0.417 e. The Labute approximate surface area is 121 Å². The molecular formula is C17H15F3O. The molecule has 0 aliphatic rings. The number of carbonyl (C=O) groups excluding carboxylic acids is 1. The SMILES string of the molecule is Cc1ccc(C)c(CC(=O)c2ccccc2C(F)(F)F)c1. The lowest BCUT2D eigenvalue weighted by Gasteiger charge is -2.12. The van der Waals surface area contributed by atoms with Gasteiger partial charge in [0.1, 0.15) is 0 Å². The van der Waals surface area contributed by atoms with Crippen LogP contribution < -0.4 is 0 Å². The third-order valence-electron chi connectivity index (χ3n) is 3.39. The van der Waals surface area contributed by atoms with E-state index in [0.717, 1.165) is 22.8 Å². The first-order valence-corrected chi connectivity index (χ1v) is 6.54. The van der Waals surface area contributed by atoms with Gasteiger partial charge in [-0.25, -0.2) is 0 Å². The van der Waals surface area contributed by atoms with Crippen LogP contribution in [0.1, 0.15) is 32.6 Å². The molecule has 110 valence electrons. The van der Waals surface area contributed by atoms with Gasteiger partial charge in [0.05, 0.1) is 5.56 Å². The molecular weight excluding hydrogens is 277 g/mol. The van der Waals surface area contributed by atoms with E-state index in [2.05, 4.69) is 0 Å². The number of hydrogen-bond acceptors (Lipinski definition) is 1. The molecule has 0 aliphatic heterocycles. The Kier molecular flexibility index (Phi) is 4.16. The van der Waals surface area contributed by atoms with Crippen molar-refractivity contribution in [1.82, 2.24) is 0 Å². The van der Waals surface area contributed by atoms with Crippen LogP contribution in [0.2, 0.25) is 0 Å². The fourth-order valence-electron chi connectivity index (χ4n) is 2.23. The van der Waals surface area contributed by atoms with Crippen LogP contribution in [0.25, 0.3) is 0 Å². The number of alkyl halides is 3. The Morgan fingerprint density at radius 3 is 2.38 bits per heavy atom. The highest BCUT2D eigenvalue weighted by Crippen LogP contribution is 2.32. The fourth-order valence-corrected chi connectivity index (χ4v) is 2.23. The van der Waals surface area contributed by atoms with Gasteiger partial charge in [-0.15, -0.1) is 0 Å². The van der Waals surface area contributed by atoms with Crippen LogP contribution in [0, 0.1) is 13.8 Å². The topological polar surface area (TPSA) is 17.1 Å². The molecule has 0 saturated carbocycles. The van der Waals surface area contributed by atoms with Gasteiger partial charge in [0.2, 0.25) is 0 Å². The number of aryl methyl sites for hydroxylation is 2. The summed E-state index contributed by atoms with van der Waals surface area (Å²) in [5.74, 6) is -0.517. The quantitative estimate of drug-likeness (QED) is 0.746. The number of Topliss-reactive ketones (excluding diaryl/α,β-unsaturated/α-hetero) is 1. The average molecular weight is 292 g/mol. The van der Waals surface area contributed by atoms with Crippen LogP contribution in [0.5, 0.6) is 0 Å². The van der Waals surface area contributed by atoms with Crippen molar-refractivity contribution in [1.29, 1.82) is 0 Å². The Hall–Kier alpha value is -2.10. The molecule has 1 nitrogen and oxygen atoms in total. The molecule has 0 saturated heterocycles. The van der Waals surface area contributed by atoms with E-state index >= 15 is 0 Å². The highest BCUT2D eigenvalue weighted by molar-refractivity contribution is 5.99. The van der Waals surface area contributed by atoms with Gasteiger partial charge in [-0.3, -0.25) is 4.79 Å². The second-order valence-corrected chi connectivity index (χ2v) is 5.07. The lowest BCUT2D eigenvalue weighted by atomic mass is 9.95. The molecule has 0 spiro atoms. The van der Waals surface area contributed by atoms with Gasteiger partial charge in [-0.05, 0) is 31.0 Å². The summed E-state index contributed by atoms with van der Waals surface area (Å²) in [4.78, 5) is 12.2. The highest BCUT2D eigenvalue weighted by atomic mass is 19.4. The standard InChI is InChI=1S/C17H15F3O/c1-11-7-8-12(2)13(9-11)10-16(21)14-5-3-4-6-15(14)17(18,19)20/h3-9H,10H2,1-2H3. The van der Waals surface area contributed by atoms with Gasteiger partial charge in [0.25, 0.3) is 0 Å². The van der Waals surface area contributed by atoms with E-state index in [9.17, 15) is 18.0 Å². The van der Waals surface area contributed by atoms with Crippen molar-refractivity contribution in [2.24, 2.45) is 0 Å². The number of hydrogen-bond donors (Lipinski definition) is 0. The minimum atomic E-state index is -4.52. The van der Waals surface area contributed by atoms with Crippen molar-refractivity contribution in [3.8, 4) is 0 Å². The second kappa shape index (κ2) is 5.72. The van der Waals surface area contributed by atoms with Gasteiger partial charge in [-0.1, -0.05) is 42.0 Å². The molecule has 21 heavy (non-hydrogen) atoms. The molecule has 2 aromatic rings. The van der Waals surface area contributed by atoms with Gasteiger partial charge in [0, 0.05) is 12.0 Å². The van der Waals surface area contributed by atoms with Gasteiger partial charge in [-0.2, -0.15) is 13.2 Å². The van der Waals surface area contributed by atoms with Crippen LogP contribution in [-0.4, -0.2) is 5.78 Å². The third kappa shape index (κ3) is 3.51. The smallest absolute Gasteiger partial charge is 0.294 e. The lowest BCUT2D eigenvalue weighted by Crippen LogP contribution is -2.14. The summed E-state index contributed by atoms with van der Waals surface area (Å²) >= 11 is 0. The van der Waals surface area contributed by atoms with Gasteiger partial charge in [0.15, 0.2) is 5.78 Å². The first kappa shape index (κ1) is 15.3. The molecule has 0 N–H and O–H groups in total. The van der Waals surface area contributed by atoms with E-state index in [0.29, 0.717) is 0 Å². The van der Waals surface area contributed by atoms with Crippen molar-refractivity contribution >= 4 is 5.78 Å². The lowest BCUT2D eigenvalue weighted by molar-refractivity contribution is -0.137. The molecule has 2 aromatic carbocycles. The van der Waals surface area contributed by atoms with Crippen molar-refractivity contribution < 1.29 is 18.0 Å². The highest BCUT2D eigenvalue weighted by Gasteiger charge is 2.34. The average Bonchev–Trinajstić information content (AvgIpc) is 2.42. The third-order valence-corrected chi connectivity index (χ3v) is 3.39. The number of benzene rings is 2. The summed E-state index contributed by atoms with van der Waals surface area (Å²) < 4.78 is 38.8. The van der Waals surface area contributed by atoms with E-state index in [-0.39, 0.29) is 12.0 Å². The molecule has 2 rings (SSSR count). The number of carbonyl (C=O) groups is 1. The molecule has 0 bridgehead atoms. The zero-order valence-electron chi connectivity index (χ0n) is 11.8. The zero-order valence-corrected chi connectivity index (χ0v) is 11.8. The first-order chi connectivity index (χ1) is 9.79. The van der Waals surface area contributed by atoms with Crippen LogP contribution in [-0.2, 0) is 12.6 Å². The van der Waals surface area contributed by atoms with E-state index < -0.39 is 17.5 Å². The summed E-state index contributed by atoms with van der Waals surface area (Å²) in [6, 6.07) is 10.5. The first-order valence-electron chi connectivity index (χ1n) is 6.54. The molecule has 0 unspecified atom stereocenters. The molecule has 0 amide bonds. The monoisotopic (exact) mass is 292 g/mol. The predicted octanol–water partition coefficient (Wildman–Crippen LogP) is 4.75. The van der Waals surface area contributed by atoms with Gasteiger partial charge >= 0.3 is 6.18 Å². The molecule has 0 aromatic heterocycles. The summed E-state index contributed by atoms with van der Waals surface area (Å²) in [6.07, 6.45) is -4.55.